The van der Waals surface area contributed by atoms with Gasteiger partial charge in [0, 0.05) is 39.3 Å². The normalized spacial score (nSPS) is 20.7. The number of hydrogen-bond acceptors (Lipinski definition) is 5. The number of nitrogens with one attached hydrogen (secondary N) is 1. The van der Waals surface area contributed by atoms with E-state index in [1.54, 1.807) is 0 Å². The van der Waals surface area contributed by atoms with Crippen molar-refractivity contribution in [3.8, 4) is 5.75 Å². The molecule has 0 aliphatic carbocycles. The van der Waals surface area contributed by atoms with Crippen LogP contribution in [0.3, 0.4) is 0 Å². The zero-order chi connectivity index (χ0) is 16.8. The number of amides is 1. The fourth-order valence-electron chi connectivity index (χ4n) is 2.98. The van der Waals surface area contributed by atoms with Crippen LogP contribution in [0.2, 0.25) is 5.02 Å². The fourth-order valence-corrected chi connectivity index (χ4v) is 3.17. The molecule has 2 heterocycles. The van der Waals surface area contributed by atoms with E-state index in [2.05, 4.69) is 10.2 Å². The highest BCUT2D eigenvalue weighted by Crippen LogP contribution is 2.22. The van der Waals surface area contributed by atoms with Gasteiger partial charge in [0.25, 0.3) is 0 Å². The van der Waals surface area contributed by atoms with Crippen LogP contribution in [-0.4, -0.2) is 80.8 Å². The van der Waals surface area contributed by atoms with Crippen LogP contribution in [0.25, 0.3) is 0 Å². The van der Waals surface area contributed by atoms with Gasteiger partial charge in [-0.1, -0.05) is 23.7 Å². The highest BCUT2D eigenvalue weighted by molar-refractivity contribution is 6.32. The van der Waals surface area contributed by atoms with Crippen LogP contribution in [0.1, 0.15) is 0 Å². The van der Waals surface area contributed by atoms with E-state index in [-0.39, 0.29) is 36.8 Å². The van der Waals surface area contributed by atoms with Gasteiger partial charge in [0.15, 0.2) is 0 Å². The van der Waals surface area contributed by atoms with E-state index in [0.29, 0.717) is 24.8 Å². The first-order valence-corrected chi connectivity index (χ1v) is 8.81. The van der Waals surface area contributed by atoms with Crippen LogP contribution in [0.15, 0.2) is 24.3 Å². The second-order valence-corrected chi connectivity index (χ2v) is 6.43. The first-order valence-electron chi connectivity index (χ1n) is 8.43. The Hall–Kier alpha value is -0.760. The summed E-state index contributed by atoms with van der Waals surface area (Å²) in [5, 5.41) is 3.86. The maximum Gasteiger partial charge on any atom is 0.242 e. The number of hydrogen-bond donors (Lipinski definition) is 1. The van der Waals surface area contributed by atoms with Crippen LogP contribution in [0.4, 0.5) is 0 Å². The molecular formula is C17H26Cl3N3O3. The lowest BCUT2D eigenvalue weighted by molar-refractivity contribution is -0.138. The monoisotopic (exact) mass is 425 g/mol. The number of ether oxygens (including phenoxy) is 2. The van der Waals surface area contributed by atoms with Crippen LogP contribution in [-0.2, 0) is 9.53 Å². The average Bonchev–Trinajstić information content (AvgIpc) is 2.64. The highest BCUT2D eigenvalue weighted by atomic mass is 35.5. The summed E-state index contributed by atoms with van der Waals surface area (Å²) < 4.78 is 11.1. The molecule has 2 fully saturated rings. The van der Waals surface area contributed by atoms with Gasteiger partial charge < -0.3 is 19.7 Å². The van der Waals surface area contributed by atoms with Crippen molar-refractivity contribution in [3.05, 3.63) is 29.3 Å². The van der Waals surface area contributed by atoms with E-state index in [1.165, 1.54) is 0 Å². The Morgan fingerprint density at radius 1 is 1.23 bits per heavy atom. The van der Waals surface area contributed by atoms with Gasteiger partial charge in [-0.05, 0) is 12.1 Å². The molecule has 9 heteroatoms. The van der Waals surface area contributed by atoms with E-state index in [9.17, 15) is 4.79 Å². The van der Waals surface area contributed by atoms with Gasteiger partial charge in [-0.2, -0.15) is 0 Å². The molecule has 1 aromatic carbocycles. The van der Waals surface area contributed by atoms with Crippen LogP contribution < -0.4 is 10.1 Å². The van der Waals surface area contributed by atoms with Crippen LogP contribution in [0.5, 0.6) is 5.75 Å². The summed E-state index contributed by atoms with van der Waals surface area (Å²) >= 11 is 6.07. The maximum atomic E-state index is 12.4. The highest BCUT2D eigenvalue weighted by Gasteiger charge is 2.28. The molecule has 3 rings (SSSR count). The van der Waals surface area contributed by atoms with E-state index in [1.807, 2.05) is 29.2 Å². The Labute approximate surface area is 172 Å². The molecule has 0 aromatic heterocycles. The minimum Gasteiger partial charge on any atom is -0.491 e. The average molecular weight is 427 g/mol. The maximum absolute atomic E-state index is 12.4. The summed E-state index contributed by atoms with van der Waals surface area (Å²) in [6.07, 6.45) is 0. The Morgan fingerprint density at radius 2 is 1.96 bits per heavy atom. The molecular weight excluding hydrogens is 401 g/mol. The van der Waals surface area contributed by atoms with Gasteiger partial charge in [-0.15, -0.1) is 24.8 Å². The Bertz CT molecular complexity index is 551. The molecule has 1 N–H and O–H groups in total. The molecule has 1 atom stereocenters. The summed E-state index contributed by atoms with van der Waals surface area (Å²) in [6.45, 7) is 6.57. The quantitative estimate of drug-likeness (QED) is 0.776. The third kappa shape index (κ3) is 6.44. The lowest BCUT2D eigenvalue weighted by Gasteiger charge is -2.37. The molecule has 0 spiro atoms. The second kappa shape index (κ2) is 11.8. The van der Waals surface area contributed by atoms with Gasteiger partial charge in [-0.3, -0.25) is 9.69 Å². The smallest absolute Gasteiger partial charge is 0.242 e. The summed E-state index contributed by atoms with van der Waals surface area (Å²) in [6, 6.07) is 7.31. The zero-order valence-corrected chi connectivity index (χ0v) is 17.0. The van der Waals surface area contributed by atoms with Crippen molar-refractivity contribution in [1.82, 2.24) is 15.1 Å². The van der Waals surface area contributed by atoms with Gasteiger partial charge in [0.05, 0.1) is 18.2 Å². The van der Waals surface area contributed by atoms with Crippen molar-refractivity contribution in [1.29, 1.82) is 0 Å². The molecule has 0 radical (unpaired) electrons. The molecule has 6 nitrogen and oxygen atoms in total. The predicted octanol–water partition coefficient (Wildman–Crippen LogP) is 1.69. The number of halogens is 3. The largest absolute Gasteiger partial charge is 0.491 e. The molecule has 26 heavy (non-hydrogen) atoms. The summed E-state index contributed by atoms with van der Waals surface area (Å²) in [4.78, 5) is 16.7. The Kier molecular flexibility index (Phi) is 10.6. The van der Waals surface area contributed by atoms with Crippen molar-refractivity contribution < 1.29 is 14.3 Å². The van der Waals surface area contributed by atoms with E-state index in [0.717, 1.165) is 45.0 Å². The number of nitrogens with zero attached hydrogens (tertiary/aromatic N) is 2. The molecule has 0 saturated carbocycles. The fraction of sp³-hybridized carbons (Fsp3) is 0.588. The second-order valence-electron chi connectivity index (χ2n) is 6.03. The molecule has 1 aromatic rings. The zero-order valence-electron chi connectivity index (χ0n) is 14.6. The van der Waals surface area contributed by atoms with Crippen LogP contribution in [0, 0.1) is 0 Å². The summed E-state index contributed by atoms with van der Waals surface area (Å²) in [7, 11) is 0. The van der Waals surface area contributed by atoms with E-state index in [4.69, 9.17) is 21.1 Å². The summed E-state index contributed by atoms with van der Waals surface area (Å²) in [5.74, 6) is 0.873. The van der Waals surface area contributed by atoms with Crippen molar-refractivity contribution in [2.45, 2.75) is 6.04 Å². The molecule has 2 aliphatic heterocycles. The number of carbonyl (C=O) groups excluding carboxylic acids is 1. The third-order valence-corrected chi connectivity index (χ3v) is 4.72. The number of morpholine rings is 1. The third-order valence-electron chi connectivity index (χ3n) is 4.41. The van der Waals surface area contributed by atoms with Gasteiger partial charge in [0.2, 0.25) is 5.91 Å². The van der Waals surface area contributed by atoms with Gasteiger partial charge in [0.1, 0.15) is 18.4 Å². The minimum atomic E-state index is -0.186. The van der Waals surface area contributed by atoms with Crippen molar-refractivity contribution >= 4 is 42.3 Å². The van der Waals surface area contributed by atoms with Crippen molar-refractivity contribution in [3.63, 3.8) is 0 Å². The SMILES string of the molecule is Cl.Cl.O=C(C1COCCN1)N1CCN(CCOc2ccccc2Cl)CC1. The number of piperazine rings is 1. The van der Waals surface area contributed by atoms with Gasteiger partial charge >= 0.3 is 0 Å². The standard InChI is InChI=1S/C17H24ClN3O3.2ClH/c18-14-3-1-2-4-16(14)24-12-10-20-6-8-21(9-7-20)17(22)15-13-23-11-5-19-15;;/h1-4,15,19H,5-13H2;2*1H. The first-order chi connectivity index (χ1) is 11.7. The molecule has 1 amide bonds. The summed E-state index contributed by atoms with van der Waals surface area (Å²) in [5.41, 5.74) is 0. The number of carbonyl (C=O) groups is 1. The molecule has 148 valence electrons. The van der Waals surface area contributed by atoms with E-state index < -0.39 is 0 Å². The van der Waals surface area contributed by atoms with Gasteiger partial charge in [-0.25, -0.2) is 0 Å². The molecule has 0 bridgehead atoms. The first kappa shape index (κ1) is 23.3. The van der Waals surface area contributed by atoms with Crippen molar-refractivity contribution in [2.75, 3.05) is 59.1 Å². The number of para-hydroxylation sites is 1. The minimum absolute atomic E-state index is 0. The lowest BCUT2D eigenvalue weighted by atomic mass is 10.2. The van der Waals surface area contributed by atoms with Crippen molar-refractivity contribution in [2.24, 2.45) is 0 Å². The molecule has 2 saturated heterocycles. The Balaban J connectivity index is 0.00000169. The topological polar surface area (TPSA) is 54.0 Å². The Morgan fingerprint density at radius 3 is 2.62 bits per heavy atom. The molecule has 1 unspecified atom stereocenters. The predicted molar refractivity (Wildman–Crippen MR) is 107 cm³/mol. The number of benzene rings is 1. The van der Waals surface area contributed by atoms with Crippen LogP contribution >= 0.6 is 36.4 Å². The number of rotatable bonds is 5. The van der Waals surface area contributed by atoms with E-state index >= 15 is 0 Å². The molecule has 2 aliphatic rings. The lowest BCUT2D eigenvalue weighted by Crippen LogP contribution is -2.57.